The summed E-state index contributed by atoms with van der Waals surface area (Å²) in [5, 5.41) is 0. The Bertz CT molecular complexity index is 764. The maximum atomic E-state index is 13.0. The number of carbonyl (C=O) groups excluding carboxylic acids is 1. The monoisotopic (exact) mass is 318 g/mol. The molecule has 0 N–H and O–H groups in total. The van der Waals surface area contributed by atoms with E-state index in [4.69, 9.17) is 4.74 Å². The first-order chi connectivity index (χ1) is 10.8. The van der Waals surface area contributed by atoms with E-state index in [1.54, 1.807) is 24.6 Å². The molecular weight excluding hydrogens is 299 g/mol. The van der Waals surface area contributed by atoms with Crippen LogP contribution in [-0.4, -0.2) is 21.6 Å². The SMILES string of the molecule is CC(C)OC(=O)c1cn(C(C)C)cc(-c2ccc(F)cn2)c1=O. The van der Waals surface area contributed by atoms with Gasteiger partial charge in [-0.15, -0.1) is 0 Å². The van der Waals surface area contributed by atoms with Crippen LogP contribution in [0.4, 0.5) is 4.39 Å². The van der Waals surface area contributed by atoms with Crippen LogP contribution in [0.25, 0.3) is 11.3 Å². The van der Waals surface area contributed by atoms with Crippen molar-refractivity contribution >= 4 is 5.97 Å². The van der Waals surface area contributed by atoms with E-state index in [2.05, 4.69) is 4.98 Å². The van der Waals surface area contributed by atoms with Gasteiger partial charge in [-0.3, -0.25) is 9.78 Å². The minimum atomic E-state index is -0.677. The zero-order valence-electron chi connectivity index (χ0n) is 13.5. The molecule has 0 saturated heterocycles. The Hall–Kier alpha value is -2.50. The Morgan fingerprint density at radius 3 is 2.43 bits per heavy atom. The van der Waals surface area contributed by atoms with Gasteiger partial charge >= 0.3 is 5.97 Å². The van der Waals surface area contributed by atoms with Gasteiger partial charge in [0, 0.05) is 18.4 Å². The molecule has 0 aliphatic rings. The molecule has 0 atom stereocenters. The van der Waals surface area contributed by atoms with Crippen molar-refractivity contribution in [1.82, 2.24) is 9.55 Å². The molecule has 2 heterocycles. The van der Waals surface area contributed by atoms with E-state index >= 15 is 0 Å². The van der Waals surface area contributed by atoms with Gasteiger partial charge in [-0.1, -0.05) is 0 Å². The summed E-state index contributed by atoms with van der Waals surface area (Å²) < 4.78 is 19.9. The third-order valence-electron chi connectivity index (χ3n) is 3.21. The van der Waals surface area contributed by atoms with E-state index in [9.17, 15) is 14.0 Å². The number of esters is 1. The van der Waals surface area contributed by atoms with Crippen LogP contribution in [0.2, 0.25) is 0 Å². The fourth-order valence-electron chi connectivity index (χ4n) is 2.04. The van der Waals surface area contributed by atoms with Crippen LogP contribution >= 0.6 is 0 Å². The van der Waals surface area contributed by atoms with Crippen molar-refractivity contribution in [2.75, 3.05) is 0 Å². The lowest BCUT2D eigenvalue weighted by Gasteiger charge is -2.15. The van der Waals surface area contributed by atoms with E-state index < -0.39 is 17.2 Å². The van der Waals surface area contributed by atoms with Crippen molar-refractivity contribution in [3.63, 3.8) is 0 Å². The largest absolute Gasteiger partial charge is 0.459 e. The van der Waals surface area contributed by atoms with E-state index in [0.717, 1.165) is 6.20 Å². The van der Waals surface area contributed by atoms with Crippen LogP contribution in [0, 0.1) is 5.82 Å². The molecule has 0 aliphatic carbocycles. The van der Waals surface area contributed by atoms with Crippen molar-refractivity contribution in [2.45, 2.75) is 39.8 Å². The molecule has 2 aromatic heterocycles. The number of halogens is 1. The lowest BCUT2D eigenvalue weighted by atomic mass is 10.1. The molecule has 0 amide bonds. The molecule has 0 unspecified atom stereocenters. The van der Waals surface area contributed by atoms with E-state index in [1.165, 1.54) is 18.3 Å². The molecule has 23 heavy (non-hydrogen) atoms. The quantitative estimate of drug-likeness (QED) is 0.812. The number of carbonyl (C=O) groups is 1. The molecule has 5 nitrogen and oxygen atoms in total. The molecule has 0 bridgehead atoms. The van der Waals surface area contributed by atoms with Crippen LogP contribution < -0.4 is 5.43 Å². The lowest BCUT2D eigenvalue weighted by molar-refractivity contribution is 0.0375. The lowest BCUT2D eigenvalue weighted by Crippen LogP contribution is -2.24. The van der Waals surface area contributed by atoms with Crippen molar-refractivity contribution in [2.24, 2.45) is 0 Å². The Balaban J connectivity index is 2.62. The number of hydrogen-bond acceptors (Lipinski definition) is 4. The smallest absolute Gasteiger partial charge is 0.343 e. The number of ether oxygens (including phenoxy) is 1. The molecule has 2 rings (SSSR count). The van der Waals surface area contributed by atoms with E-state index in [-0.39, 0.29) is 23.3 Å². The third-order valence-corrected chi connectivity index (χ3v) is 3.21. The average Bonchev–Trinajstić information content (AvgIpc) is 2.47. The fraction of sp³-hybridized carbons (Fsp3) is 0.353. The highest BCUT2D eigenvalue weighted by molar-refractivity contribution is 5.90. The zero-order valence-corrected chi connectivity index (χ0v) is 13.5. The normalized spacial score (nSPS) is 11.1. The van der Waals surface area contributed by atoms with Gasteiger partial charge in [-0.25, -0.2) is 9.18 Å². The second-order valence-electron chi connectivity index (χ2n) is 5.77. The molecule has 2 aromatic rings. The van der Waals surface area contributed by atoms with Gasteiger partial charge in [0.05, 0.1) is 23.6 Å². The van der Waals surface area contributed by atoms with Crippen molar-refractivity contribution in [3.8, 4) is 11.3 Å². The highest BCUT2D eigenvalue weighted by Gasteiger charge is 2.19. The second-order valence-corrected chi connectivity index (χ2v) is 5.77. The maximum Gasteiger partial charge on any atom is 0.343 e. The van der Waals surface area contributed by atoms with Gasteiger partial charge in [-0.05, 0) is 39.8 Å². The summed E-state index contributed by atoms with van der Waals surface area (Å²) >= 11 is 0. The zero-order chi connectivity index (χ0) is 17.1. The molecule has 0 fully saturated rings. The minimum absolute atomic E-state index is 0.0281. The summed E-state index contributed by atoms with van der Waals surface area (Å²) in [7, 11) is 0. The number of hydrogen-bond donors (Lipinski definition) is 0. The first-order valence-corrected chi connectivity index (χ1v) is 7.38. The standard InChI is InChI=1S/C17H19FN2O3/c1-10(2)20-8-13(15-6-5-12(18)7-19-15)16(21)14(9-20)17(22)23-11(3)4/h5-11H,1-4H3. The summed E-state index contributed by atoms with van der Waals surface area (Å²) in [5.74, 6) is -1.17. The first kappa shape index (κ1) is 16.9. The first-order valence-electron chi connectivity index (χ1n) is 7.38. The Morgan fingerprint density at radius 1 is 1.22 bits per heavy atom. The summed E-state index contributed by atoms with van der Waals surface area (Å²) in [4.78, 5) is 28.7. The summed E-state index contributed by atoms with van der Waals surface area (Å²) in [6.07, 6.45) is 3.79. The van der Waals surface area contributed by atoms with Gasteiger partial charge < -0.3 is 9.30 Å². The molecule has 0 spiro atoms. The van der Waals surface area contributed by atoms with Crippen molar-refractivity contribution in [1.29, 1.82) is 0 Å². The van der Waals surface area contributed by atoms with Crippen molar-refractivity contribution in [3.05, 3.63) is 52.3 Å². The molecule has 6 heteroatoms. The Labute approximate surface area is 133 Å². The number of nitrogens with zero attached hydrogens (tertiary/aromatic N) is 2. The minimum Gasteiger partial charge on any atom is -0.459 e. The molecule has 122 valence electrons. The van der Waals surface area contributed by atoms with Crippen LogP contribution in [0.15, 0.2) is 35.5 Å². The van der Waals surface area contributed by atoms with Crippen LogP contribution in [0.5, 0.6) is 0 Å². The van der Waals surface area contributed by atoms with Crippen LogP contribution in [-0.2, 0) is 4.74 Å². The topological polar surface area (TPSA) is 61.2 Å². The number of rotatable bonds is 4. The van der Waals surface area contributed by atoms with Crippen molar-refractivity contribution < 1.29 is 13.9 Å². The highest BCUT2D eigenvalue weighted by Crippen LogP contribution is 2.17. The van der Waals surface area contributed by atoms with E-state index in [1.807, 2.05) is 13.8 Å². The predicted molar refractivity (Wildman–Crippen MR) is 84.8 cm³/mol. The average molecular weight is 318 g/mol. The molecule has 0 radical (unpaired) electrons. The Morgan fingerprint density at radius 2 is 1.91 bits per heavy atom. The molecule has 0 aliphatic heterocycles. The van der Waals surface area contributed by atoms with Gasteiger partial charge in [0.2, 0.25) is 5.43 Å². The summed E-state index contributed by atoms with van der Waals surface area (Å²) in [6, 6.07) is 2.66. The number of pyridine rings is 2. The van der Waals surface area contributed by atoms with E-state index in [0.29, 0.717) is 5.69 Å². The van der Waals surface area contributed by atoms with Gasteiger partial charge in [-0.2, -0.15) is 0 Å². The highest BCUT2D eigenvalue weighted by atomic mass is 19.1. The van der Waals surface area contributed by atoms with Crippen LogP contribution in [0.3, 0.4) is 0 Å². The number of aromatic nitrogens is 2. The predicted octanol–water partition coefficient (Wildman–Crippen LogP) is 3.20. The summed E-state index contributed by atoms with van der Waals surface area (Å²) in [6.45, 7) is 7.27. The fourth-order valence-corrected chi connectivity index (χ4v) is 2.04. The van der Waals surface area contributed by atoms with Gasteiger partial charge in [0.1, 0.15) is 11.4 Å². The van der Waals surface area contributed by atoms with Gasteiger partial charge in [0.25, 0.3) is 0 Å². The Kier molecular flexibility index (Phi) is 4.93. The van der Waals surface area contributed by atoms with Gasteiger partial charge in [0.15, 0.2) is 0 Å². The summed E-state index contributed by atoms with van der Waals surface area (Å²) in [5.41, 5.74) is 0.00425. The molecule has 0 saturated carbocycles. The maximum absolute atomic E-state index is 13.0. The van der Waals surface area contributed by atoms with Crippen LogP contribution in [0.1, 0.15) is 44.1 Å². The molecule has 0 aromatic carbocycles. The third kappa shape index (κ3) is 3.83. The second kappa shape index (κ2) is 6.73. The molecular formula is C17H19FN2O3.